The average Bonchev–Trinajstić information content (AvgIpc) is 2.68. The third-order valence-corrected chi connectivity index (χ3v) is 5.72. The van der Waals surface area contributed by atoms with E-state index in [1.54, 1.807) is 12.1 Å². The Morgan fingerprint density at radius 1 is 1.00 bits per heavy atom. The van der Waals surface area contributed by atoms with Crippen LogP contribution in [0.3, 0.4) is 0 Å². The summed E-state index contributed by atoms with van der Waals surface area (Å²) < 4.78 is 23.7. The molecule has 3 rings (SSSR count). The Labute approximate surface area is 174 Å². The molecule has 0 aromatic heterocycles. The van der Waals surface area contributed by atoms with Crippen LogP contribution in [0.2, 0.25) is 5.02 Å². The lowest BCUT2D eigenvalue weighted by Crippen LogP contribution is -2.19. The molecule has 0 bridgehead atoms. The first-order valence-electron chi connectivity index (χ1n) is 8.77. The standard InChI is InChI=1S/C21H20ClN3O3S/c1-14-7-5-6-10-18(14)25-21(26)16-11-20(29(23,27)28)17(22)12-19(16)24-13-15-8-3-2-4-9-15/h2-12,24H,13H2,1H3,(H,25,26)(H2,23,27,28). The summed E-state index contributed by atoms with van der Waals surface area (Å²) in [6.45, 7) is 2.29. The van der Waals surface area contributed by atoms with Gasteiger partial charge in [0.2, 0.25) is 10.0 Å². The molecule has 150 valence electrons. The van der Waals surface area contributed by atoms with E-state index in [1.165, 1.54) is 12.1 Å². The van der Waals surface area contributed by atoms with Gasteiger partial charge in [0, 0.05) is 17.9 Å². The van der Waals surface area contributed by atoms with Gasteiger partial charge in [0.05, 0.1) is 10.6 Å². The van der Waals surface area contributed by atoms with Gasteiger partial charge < -0.3 is 10.6 Å². The second-order valence-corrected chi connectivity index (χ2v) is 8.42. The van der Waals surface area contributed by atoms with E-state index in [0.29, 0.717) is 17.9 Å². The minimum Gasteiger partial charge on any atom is -0.380 e. The molecule has 0 radical (unpaired) electrons. The van der Waals surface area contributed by atoms with Crippen LogP contribution in [0.15, 0.2) is 71.6 Å². The molecule has 0 fully saturated rings. The highest BCUT2D eigenvalue weighted by Crippen LogP contribution is 2.29. The molecule has 6 nitrogen and oxygen atoms in total. The van der Waals surface area contributed by atoms with Crippen molar-refractivity contribution in [3.8, 4) is 0 Å². The molecule has 0 saturated heterocycles. The molecule has 3 aromatic carbocycles. The number of rotatable bonds is 6. The van der Waals surface area contributed by atoms with E-state index >= 15 is 0 Å². The number of hydrogen-bond acceptors (Lipinski definition) is 4. The van der Waals surface area contributed by atoms with Crippen molar-refractivity contribution >= 4 is 38.9 Å². The van der Waals surface area contributed by atoms with Gasteiger partial charge in [0.15, 0.2) is 0 Å². The number of nitrogens with two attached hydrogens (primary N) is 1. The molecular formula is C21H20ClN3O3S. The van der Waals surface area contributed by atoms with Crippen molar-refractivity contribution < 1.29 is 13.2 Å². The lowest BCUT2D eigenvalue weighted by molar-refractivity contribution is 0.102. The Bertz CT molecular complexity index is 1150. The zero-order valence-corrected chi connectivity index (χ0v) is 17.2. The highest BCUT2D eigenvalue weighted by atomic mass is 35.5. The molecule has 0 aliphatic carbocycles. The lowest BCUT2D eigenvalue weighted by atomic mass is 10.1. The maximum atomic E-state index is 13.0. The fourth-order valence-corrected chi connectivity index (χ4v) is 3.90. The Hall–Kier alpha value is -2.87. The molecule has 0 aliphatic rings. The second kappa shape index (κ2) is 8.65. The van der Waals surface area contributed by atoms with E-state index in [2.05, 4.69) is 10.6 Å². The normalized spacial score (nSPS) is 11.1. The molecule has 0 aliphatic heterocycles. The number of nitrogens with one attached hydrogen (secondary N) is 2. The number of sulfonamides is 1. The number of aryl methyl sites for hydroxylation is 1. The Balaban J connectivity index is 1.99. The van der Waals surface area contributed by atoms with Gasteiger partial charge in [-0.2, -0.15) is 0 Å². The predicted octanol–water partition coefficient (Wildman–Crippen LogP) is 4.16. The van der Waals surface area contributed by atoms with Gasteiger partial charge in [-0.05, 0) is 36.2 Å². The van der Waals surface area contributed by atoms with E-state index in [1.807, 2.05) is 49.4 Å². The van der Waals surface area contributed by atoms with Crippen LogP contribution in [0.4, 0.5) is 11.4 Å². The highest BCUT2D eigenvalue weighted by Gasteiger charge is 2.21. The molecule has 0 atom stereocenters. The summed E-state index contributed by atoms with van der Waals surface area (Å²) in [6.07, 6.45) is 0. The third-order valence-electron chi connectivity index (χ3n) is 4.34. The number of anilines is 2. The minimum absolute atomic E-state index is 0.0597. The Morgan fingerprint density at radius 3 is 2.31 bits per heavy atom. The van der Waals surface area contributed by atoms with Gasteiger partial charge in [0.1, 0.15) is 4.90 Å². The van der Waals surface area contributed by atoms with E-state index in [0.717, 1.165) is 11.1 Å². The molecule has 3 aromatic rings. The van der Waals surface area contributed by atoms with Crippen molar-refractivity contribution in [3.63, 3.8) is 0 Å². The summed E-state index contributed by atoms with van der Waals surface area (Å²) in [5.74, 6) is -0.476. The number of hydrogen-bond donors (Lipinski definition) is 3. The minimum atomic E-state index is -4.09. The number of benzene rings is 3. The van der Waals surface area contributed by atoms with E-state index in [-0.39, 0.29) is 15.5 Å². The topological polar surface area (TPSA) is 101 Å². The maximum absolute atomic E-state index is 13.0. The number of carbonyl (C=O) groups is 1. The first-order chi connectivity index (χ1) is 13.8. The summed E-state index contributed by atoms with van der Waals surface area (Å²) in [5, 5.41) is 11.1. The van der Waals surface area contributed by atoms with Crippen molar-refractivity contribution in [2.24, 2.45) is 5.14 Å². The Kier molecular flexibility index (Phi) is 6.22. The molecule has 0 saturated carbocycles. The number of amides is 1. The highest BCUT2D eigenvalue weighted by molar-refractivity contribution is 7.89. The summed E-state index contributed by atoms with van der Waals surface area (Å²) in [6, 6.07) is 19.5. The van der Waals surface area contributed by atoms with Crippen LogP contribution in [0.1, 0.15) is 21.5 Å². The first kappa shape index (κ1) is 20.9. The van der Waals surface area contributed by atoms with E-state index in [4.69, 9.17) is 16.7 Å². The quantitative estimate of drug-likeness (QED) is 0.547. The average molecular weight is 430 g/mol. The molecule has 0 unspecified atom stereocenters. The molecule has 1 amide bonds. The van der Waals surface area contributed by atoms with Crippen LogP contribution < -0.4 is 15.8 Å². The third kappa shape index (κ3) is 5.14. The second-order valence-electron chi connectivity index (χ2n) is 6.48. The van der Waals surface area contributed by atoms with Crippen LogP contribution in [0.5, 0.6) is 0 Å². The van der Waals surface area contributed by atoms with Crippen LogP contribution in [0, 0.1) is 6.92 Å². The molecule has 29 heavy (non-hydrogen) atoms. The zero-order chi connectivity index (χ0) is 21.0. The van der Waals surface area contributed by atoms with E-state index in [9.17, 15) is 13.2 Å². The predicted molar refractivity (Wildman–Crippen MR) is 116 cm³/mol. The molecular weight excluding hydrogens is 410 g/mol. The fraction of sp³-hybridized carbons (Fsp3) is 0.0952. The maximum Gasteiger partial charge on any atom is 0.257 e. The van der Waals surface area contributed by atoms with Gasteiger partial charge in [0.25, 0.3) is 5.91 Å². The van der Waals surface area contributed by atoms with Crippen LogP contribution in [-0.4, -0.2) is 14.3 Å². The van der Waals surface area contributed by atoms with Gasteiger partial charge in [-0.25, -0.2) is 13.6 Å². The fourth-order valence-electron chi connectivity index (χ4n) is 2.80. The Morgan fingerprint density at radius 2 is 1.66 bits per heavy atom. The molecule has 0 spiro atoms. The molecule has 4 N–H and O–H groups in total. The van der Waals surface area contributed by atoms with Crippen LogP contribution in [0.25, 0.3) is 0 Å². The van der Waals surface area contributed by atoms with Crippen molar-refractivity contribution in [2.75, 3.05) is 10.6 Å². The van der Waals surface area contributed by atoms with Gasteiger partial charge in [-0.15, -0.1) is 0 Å². The number of para-hydroxylation sites is 1. The van der Waals surface area contributed by atoms with Gasteiger partial charge in [-0.1, -0.05) is 60.1 Å². The van der Waals surface area contributed by atoms with Crippen LogP contribution >= 0.6 is 11.6 Å². The largest absolute Gasteiger partial charge is 0.380 e. The summed E-state index contributed by atoms with van der Waals surface area (Å²) in [7, 11) is -4.09. The summed E-state index contributed by atoms with van der Waals surface area (Å²) in [4.78, 5) is 12.7. The van der Waals surface area contributed by atoms with Crippen molar-refractivity contribution in [2.45, 2.75) is 18.4 Å². The number of primary sulfonamides is 1. The molecule has 0 heterocycles. The SMILES string of the molecule is Cc1ccccc1NC(=O)c1cc(S(N)(=O)=O)c(Cl)cc1NCc1ccccc1. The van der Waals surface area contributed by atoms with E-state index < -0.39 is 15.9 Å². The molecule has 8 heteroatoms. The first-order valence-corrected chi connectivity index (χ1v) is 10.7. The smallest absolute Gasteiger partial charge is 0.257 e. The van der Waals surface area contributed by atoms with Gasteiger partial charge >= 0.3 is 0 Å². The van der Waals surface area contributed by atoms with Crippen molar-refractivity contribution in [3.05, 3.63) is 88.4 Å². The van der Waals surface area contributed by atoms with Crippen molar-refractivity contribution in [1.29, 1.82) is 0 Å². The monoisotopic (exact) mass is 429 g/mol. The summed E-state index contributed by atoms with van der Waals surface area (Å²) >= 11 is 6.13. The summed E-state index contributed by atoms with van der Waals surface area (Å²) in [5.41, 5.74) is 3.01. The number of halogens is 1. The lowest BCUT2D eigenvalue weighted by Gasteiger charge is -2.15. The van der Waals surface area contributed by atoms with Gasteiger partial charge in [-0.3, -0.25) is 4.79 Å². The van der Waals surface area contributed by atoms with Crippen molar-refractivity contribution in [1.82, 2.24) is 0 Å². The van der Waals surface area contributed by atoms with Crippen LogP contribution in [-0.2, 0) is 16.6 Å². The zero-order valence-electron chi connectivity index (χ0n) is 15.6. The number of carbonyl (C=O) groups excluding carboxylic acids is 1.